The van der Waals surface area contributed by atoms with Gasteiger partial charge in [-0.3, -0.25) is 4.79 Å². The topological polar surface area (TPSA) is 70.7 Å². The average molecular weight is 285 g/mol. The first-order valence-electron chi connectivity index (χ1n) is 7.28. The van der Waals surface area contributed by atoms with Gasteiger partial charge in [-0.25, -0.2) is 4.79 Å². The number of piperidine rings is 1. The molecule has 1 saturated heterocycles. The zero-order valence-electron chi connectivity index (χ0n) is 13.0. The van der Waals surface area contributed by atoms with Crippen molar-refractivity contribution in [1.82, 2.24) is 15.5 Å². The molecule has 0 aromatic heterocycles. The molecule has 0 saturated carbocycles. The number of carbonyl (C=O) groups excluding carboxylic acids is 2. The molecule has 1 rings (SSSR count). The van der Waals surface area contributed by atoms with Crippen molar-refractivity contribution in [3.8, 4) is 0 Å². The van der Waals surface area contributed by atoms with Crippen molar-refractivity contribution in [1.29, 1.82) is 0 Å². The number of hydrogen-bond acceptors (Lipinski definition) is 4. The van der Waals surface area contributed by atoms with Gasteiger partial charge in [-0.1, -0.05) is 0 Å². The van der Waals surface area contributed by atoms with Crippen LogP contribution in [0.5, 0.6) is 0 Å². The first-order chi connectivity index (χ1) is 9.40. The van der Waals surface area contributed by atoms with Gasteiger partial charge in [0.1, 0.15) is 0 Å². The van der Waals surface area contributed by atoms with Crippen molar-refractivity contribution in [2.24, 2.45) is 5.41 Å². The van der Waals surface area contributed by atoms with Crippen LogP contribution in [-0.2, 0) is 9.53 Å². The molecule has 6 nitrogen and oxygen atoms in total. The Bertz CT molecular complexity index is 337. The molecular weight excluding hydrogens is 258 g/mol. The molecule has 2 amide bonds. The van der Waals surface area contributed by atoms with E-state index in [4.69, 9.17) is 4.74 Å². The van der Waals surface area contributed by atoms with Crippen LogP contribution < -0.4 is 10.6 Å². The lowest BCUT2D eigenvalue weighted by molar-refractivity contribution is -0.128. The second kappa shape index (κ2) is 7.47. The van der Waals surface area contributed by atoms with Crippen LogP contribution in [0.15, 0.2) is 0 Å². The molecule has 0 aliphatic carbocycles. The molecule has 116 valence electrons. The Hall–Kier alpha value is -1.30. The third-order valence-electron chi connectivity index (χ3n) is 3.70. The highest BCUT2D eigenvalue weighted by atomic mass is 16.6. The Balaban J connectivity index is 2.32. The van der Waals surface area contributed by atoms with Crippen LogP contribution in [0.1, 0.15) is 33.6 Å². The number of ether oxygens (including phenoxy) is 1. The van der Waals surface area contributed by atoms with E-state index >= 15 is 0 Å². The summed E-state index contributed by atoms with van der Waals surface area (Å²) in [5.41, 5.74) is -0.424. The fraction of sp³-hybridized carbons (Fsp3) is 0.857. The summed E-state index contributed by atoms with van der Waals surface area (Å²) in [5.74, 6) is 0.0361. The molecule has 0 aromatic carbocycles. The number of hydrogen-bond donors (Lipinski definition) is 2. The fourth-order valence-electron chi connectivity index (χ4n) is 2.30. The predicted octanol–water partition coefficient (Wildman–Crippen LogP) is 0.969. The summed E-state index contributed by atoms with van der Waals surface area (Å²) in [6, 6.07) is 0.351. The molecule has 0 bridgehead atoms. The van der Waals surface area contributed by atoms with Gasteiger partial charge in [-0.05, 0) is 33.6 Å². The maximum absolute atomic E-state index is 11.7. The van der Waals surface area contributed by atoms with Gasteiger partial charge >= 0.3 is 6.09 Å². The van der Waals surface area contributed by atoms with Gasteiger partial charge in [-0.15, -0.1) is 0 Å². The van der Waals surface area contributed by atoms with Crippen LogP contribution >= 0.6 is 0 Å². The lowest BCUT2D eigenvalue weighted by Gasteiger charge is -2.33. The van der Waals surface area contributed by atoms with Gasteiger partial charge in [0.15, 0.2) is 0 Å². The summed E-state index contributed by atoms with van der Waals surface area (Å²) < 4.78 is 4.99. The van der Waals surface area contributed by atoms with E-state index in [0.717, 1.165) is 12.8 Å². The zero-order chi connectivity index (χ0) is 15.2. The number of carbonyl (C=O) groups is 2. The standard InChI is InChI=1S/C14H27N3O3/c1-5-20-13(19)17-8-6-11(7-9-17)16-10-14(2,3)12(18)15-4/h11,16H,5-10H2,1-4H3,(H,15,18). The van der Waals surface area contributed by atoms with Crippen LogP contribution in [0.4, 0.5) is 4.79 Å². The van der Waals surface area contributed by atoms with Gasteiger partial charge < -0.3 is 20.3 Å². The summed E-state index contributed by atoms with van der Waals surface area (Å²) in [7, 11) is 1.65. The fourth-order valence-corrected chi connectivity index (χ4v) is 2.30. The number of nitrogens with one attached hydrogen (secondary N) is 2. The molecule has 2 N–H and O–H groups in total. The van der Waals surface area contributed by atoms with Crippen LogP contribution in [0, 0.1) is 5.41 Å². The van der Waals surface area contributed by atoms with Crippen LogP contribution in [0.25, 0.3) is 0 Å². The molecule has 6 heteroatoms. The van der Waals surface area contributed by atoms with E-state index in [2.05, 4.69) is 10.6 Å². The summed E-state index contributed by atoms with van der Waals surface area (Å²) in [4.78, 5) is 25.0. The Morgan fingerprint density at radius 2 is 1.90 bits per heavy atom. The Morgan fingerprint density at radius 1 is 1.30 bits per heavy atom. The van der Waals surface area contributed by atoms with Gasteiger partial charge in [0.25, 0.3) is 0 Å². The largest absolute Gasteiger partial charge is 0.450 e. The van der Waals surface area contributed by atoms with Crippen molar-refractivity contribution in [3.63, 3.8) is 0 Å². The molecule has 1 fully saturated rings. The molecule has 1 aliphatic heterocycles. The third kappa shape index (κ3) is 4.67. The van der Waals surface area contributed by atoms with Gasteiger partial charge in [0.2, 0.25) is 5.91 Å². The number of amides is 2. The van der Waals surface area contributed by atoms with Crippen LogP contribution in [0.3, 0.4) is 0 Å². The minimum atomic E-state index is -0.424. The monoisotopic (exact) mass is 285 g/mol. The van der Waals surface area contributed by atoms with E-state index in [1.54, 1.807) is 11.9 Å². The SMILES string of the molecule is CCOC(=O)N1CCC(NCC(C)(C)C(=O)NC)CC1. The molecule has 20 heavy (non-hydrogen) atoms. The minimum absolute atomic E-state index is 0.0361. The quantitative estimate of drug-likeness (QED) is 0.789. The van der Waals surface area contributed by atoms with Gasteiger partial charge in [0, 0.05) is 32.7 Å². The average Bonchev–Trinajstić information content (AvgIpc) is 2.45. The maximum atomic E-state index is 11.7. The van der Waals surface area contributed by atoms with Crippen molar-refractivity contribution < 1.29 is 14.3 Å². The highest BCUT2D eigenvalue weighted by Gasteiger charge is 2.29. The van der Waals surface area contributed by atoms with Gasteiger partial charge in [-0.2, -0.15) is 0 Å². The molecule has 1 aliphatic rings. The lowest BCUT2D eigenvalue weighted by Crippen LogP contribution is -2.49. The van der Waals surface area contributed by atoms with E-state index in [0.29, 0.717) is 32.3 Å². The van der Waals surface area contributed by atoms with Gasteiger partial charge in [0.05, 0.1) is 12.0 Å². The predicted molar refractivity (Wildman–Crippen MR) is 77.5 cm³/mol. The number of rotatable bonds is 5. The minimum Gasteiger partial charge on any atom is -0.450 e. The molecular formula is C14H27N3O3. The first kappa shape index (κ1) is 16.8. The second-order valence-corrected chi connectivity index (χ2v) is 5.80. The van der Waals surface area contributed by atoms with Crippen molar-refractivity contribution in [2.45, 2.75) is 39.7 Å². The normalized spacial score (nSPS) is 16.9. The summed E-state index contributed by atoms with van der Waals surface area (Å²) in [6.07, 6.45) is 1.56. The first-order valence-corrected chi connectivity index (χ1v) is 7.28. The van der Waals surface area contributed by atoms with E-state index in [1.165, 1.54) is 0 Å². The smallest absolute Gasteiger partial charge is 0.409 e. The summed E-state index contributed by atoms with van der Waals surface area (Å²) >= 11 is 0. The van der Waals surface area contributed by atoms with Crippen molar-refractivity contribution >= 4 is 12.0 Å². The Labute approximate surface area is 121 Å². The van der Waals surface area contributed by atoms with E-state index in [1.807, 2.05) is 20.8 Å². The van der Waals surface area contributed by atoms with E-state index in [9.17, 15) is 9.59 Å². The molecule has 0 atom stereocenters. The van der Waals surface area contributed by atoms with E-state index in [-0.39, 0.29) is 12.0 Å². The number of likely N-dealkylation sites (tertiary alicyclic amines) is 1. The zero-order valence-corrected chi connectivity index (χ0v) is 13.0. The highest BCUT2D eigenvalue weighted by Crippen LogP contribution is 2.16. The Kier molecular flexibility index (Phi) is 6.26. The number of nitrogens with zero attached hydrogens (tertiary/aromatic N) is 1. The summed E-state index contributed by atoms with van der Waals surface area (Å²) in [6.45, 7) is 8.12. The second-order valence-electron chi connectivity index (χ2n) is 5.80. The van der Waals surface area contributed by atoms with Crippen LogP contribution in [0.2, 0.25) is 0 Å². The molecule has 1 heterocycles. The highest BCUT2D eigenvalue weighted by molar-refractivity contribution is 5.81. The molecule has 0 spiro atoms. The third-order valence-corrected chi connectivity index (χ3v) is 3.70. The Morgan fingerprint density at radius 3 is 2.40 bits per heavy atom. The lowest BCUT2D eigenvalue weighted by atomic mass is 9.91. The molecule has 0 aromatic rings. The van der Waals surface area contributed by atoms with Crippen molar-refractivity contribution in [2.75, 3.05) is 33.3 Å². The van der Waals surface area contributed by atoms with E-state index < -0.39 is 5.41 Å². The molecule has 0 unspecified atom stereocenters. The summed E-state index contributed by atoms with van der Waals surface area (Å²) in [5, 5.41) is 6.11. The maximum Gasteiger partial charge on any atom is 0.409 e. The molecule has 0 radical (unpaired) electrons. The van der Waals surface area contributed by atoms with Crippen molar-refractivity contribution in [3.05, 3.63) is 0 Å². The van der Waals surface area contributed by atoms with Crippen LogP contribution in [-0.4, -0.2) is 56.2 Å².